The highest BCUT2D eigenvalue weighted by atomic mass is 32.2. The lowest BCUT2D eigenvalue weighted by Crippen LogP contribution is -2.45. The maximum atomic E-state index is 13.4. The molecule has 3 unspecified atom stereocenters. The molecule has 2 rings (SSSR count). The van der Waals surface area contributed by atoms with Gasteiger partial charge in [0.05, 0.1) is 5.92 Å². The molecule has 0 heterocycles. The minimum atomic E-state index is -1.20. The van der Waals surface area contributed by atoms with Gasteiger partial charge in [0, 0.05) is 23.5 Å². The molecule has 0 fully saturated rings. The molecule has 0 aliphatic carbocycles. The standard InChI is InChI=1S/C33H46N4O7S/c1-20(2)17-25(22-9-13-24(14-10-22)35-32(44)34-23-11-7-21(3)8-12-23)29(39)37-27(31(42)43)19-45-16-15-26(30(40)41)36-28(38)18-33(4,5)6/h7-14,20,25-27H,15-19H2,1-6H3,(H,36,38)(H,37,39)(H,40,41)(H,42,43)(H2,34,35,44). The molecule has 0 saturated heterocycles. The number of thioether (sulfide) groups is 1. The van der Waals surface area contributed by atoms with Crippen molar-refractivity contribution in [1.29, 1.82) is 0 Å². The van der Waals surface area contributed by atoms with E-state index in [9.17, 15) is 34.2 Å². The van der Waals surface area contributed by atoms with Crippen molar-refractivity contribution >= 4 is 52.9 Å². The zero-order valence-corrected chi connectivity index (χ0v) is 27.6. The number of carboxylic acid groups (broad SMARTS) is 2. The lowest BCUT2D eigenvalue weighted by molar-refractivity contribution is -0.142. The van der Waals surface area contributed by atoms with Crippen LogP contribution >= 0.6 is 11.8 Å². The molecule has 4 amide bonds. The van der Waals surface area contributed by atoms with Gasteiger partial charge in [-0.05, 0) is 66.7 Å². The number of rotatable bonds is 16. The number of anilines is 2. The van der Waals surface area contributed by atoms with E-state index in [1.807, 2.05) is 53.7 Å². The second-order valence-corrected chi connectivity index (χ2v) is 13.9. The van der Waals surface area contributed by atoms with Crippen molar-refractivity contribution in [3.8, 4) is 0 Å². The van der Waals surface area contributed by atoms with Crippen LogP contribution in [-0.4, -0.2) is 63.6 Å². The van der Waals surface area contributed by atoms with Crippen molar-refractivity contribution in [3.05, 3.63) is 59.7 Å². The first-order valence-electron chi connectivity index (χ1n) is 14.9. The summed E-state index contributed by atoms with van der Waals surface area (Å²) < 4.78 is 0. The van der Waals surface area contributed by atoms with Crippen LogP contribution in [-0.2, 0) is 19.2 Å². The zero-order chi connectivity index (χ0) is 33.7. The maximum absolute atomic E-state index is 13.4. The minimum absolute atomic E-state index is 0.0245. The number of carbonyl (C=O) groups is 5. The molecular weight excluding hydrogens is 596 g/mol. The Bertz CT molecular complexity index is 1310. The molecule has 2 aromatic rings. The van der Waals surface area contributed by atoms with Gasteiger partial charge in [-0.25, -0.2) is 14.4 Å². The Hall–Kier alpha value is -4.06. The van der Waals surface area contributed by atoms with Crippen molar-refractivity contribution in [3.63, 3.8) is 0 Å². The van der Waals surface area contributed by atoms with Gasteiger partial charge >= 0.3 is 18.0 Å². The number of urea groups is 1. The number of aliphatic carboxylic acids is 2. The number of carbonyl (C=O) groups excluding carboxylic acids is 3. The fraction of sp³-hybridized carbons (Fsp3) is 0.485. The molecule has 0 spiro atoms. The van der Waals surface area contributed by atoms with E-state index in [0.29, 0.717) is 23.4 Å². The van der Waals surface area contributed by atoms with E-state index in [4.69, 9.17) is 0 Å². The first kappa shape index (κ1) is 37.1. The highest BCUT2D eigenvalue weighted by molar-refractivity contribution is 7.99. The maximum Gasteiger partial charge on any atom is 0.327 e. The fourth-order valence-corrected chi connectivity index (χ4v) is 5.46. The lowest BCUT2D eigenvalue weighted by atomic mass is 9.89. The van der Waals surface area contributed by atoms with E-state index in [1.54, 1.807) is 36.4 Å². The normalized spacial score (nSPS) is 13.3. The Kier molecular flexibility index (Phi) is 14.4. The molecule has 0 aliphatic heterocycles. The van der Waals surface area contributed by atoms with Gasteiger partial charge < -0.3 is 31.5 Å². The van der Waals surface area contributed by atoms with Crippen LogP contribution in [0, 0.1) is 18.3 Å². The number of aryl methyl sites for hydroxylation is 1. The fourth-order valence-electron chi connectivity index (χ4n) is 4.43. The van der Waals surface area contributed by atoms with Crippen molar-refractivity contribution in [2.75, 3.05) is 22.1 Å². The van der Waals surface area contributed by atoms with Gasteiger partial charge in [-0.15, -0.1) is 0 Å². The molecule has 246 valence electrons. The van der Waals surface area contributed by atoms with Crippen LogP contribution in [0.15, 0.2) is 48.5 Å². The average molecular weight is 643 g/mol. The summed E-state index contributed by atoms with van der Waals surface area (Å²) in [6, 6.07) is 11.5. The number of benzene rings is 2. The van der Waals surface area contributed by atoms with Crippen molar-refractivity contribution < 1.29 is 34.2 Å². The van der Waals surface area contributed by atoms with Crippen LogP contribution in [0.4, 0.5) is 16.2 Å². The van der Waals surface area contributed by atoms with Crippen LogP contribution in [0.5, 0.6) is 0 Å². The Morgan fingerprint density at radius 1 is 0.800 bits per heavy atom. The summed E-state index contributed by atoms with van der Waals surface area (Å²) in [4.78, 5) is 61.6. The number of nitrogens with one attached hydrogen (secondary N) is 4. The summed E-state index contributed by atoms with van der Waals surface area (Å²) in [6.07, 6.45) is 0.757. The average Bonchev–Trinajstić information content (AvgIpc) is 2.93. The van der Waals surface area contributed by atoms with Crippen LogP contribution in [0.1, 0.15) is 70.9 Å². The third-order valence-electron chi connectivity index (χ3n) is 6.68. The molecule has 12 heteroatoms. The lowest BCUT2D eigenvalue weighted by Gasteiger charge is -2.23. The van der Waals surface area contributed by atoms with Gasteiger partial charge in [0.1, 0.15) is 12.1 Å². The van der Waals surface area contributed by atoms with Crippen LogP contribution in [0.25, 0.3) is 0 Å². The number of hydrogen-bond acceptors (Lipinski definition) is 6. The molecule has 3 atom stereocenters. The van der Waals surface area contributed by atoms with E-state index in [2.05, 4.69) is 21.3 Å². The molecule has 0 radical (unpaired) electrons. The van der Waals surface area contributed by atoms with Gasteiger partial charge in [0.2, 0.25) is 11.8 Å². The largest absolute Gasteiger partial charge is 0.480 e. The predicted octanol–water partition coefficient (Wildman–Crippen LogP) is 5.47. The van der Waals surface area contributed by atoms with Crippen molar-refractivity contribution in [2.24, 2.45) is 11.3 Å². The second kappa shape index (κ2) is 17.4. The van der Waals surface area contributed by atoms with Crippen molar-refractivity contribution in [1.82, 2.24) is 10.6 Å². The number of hydrogen-bond donors (Lipinski definition) is 6. The molecule has 11 nitrogen and oxygen atoms in total. The highest BCUT2D eigenvalue weighted by Crippen LogP contribution is 2.26. The SMILES string of the molecule is Cc1ccc(NC(=O)Nc2ccc(C(CC(C)C)C(=O)NC(CSCCC(NC(=O)CC(C)(C)C)C(=O)O)C(=O)O)cc2)cc1. The van der Waals surface area contributed by atoms with E-state index in [0.717, 1.165) is 5.56 Å². The summed E-state index contributed by atoms with van der Waals surface area (Å²) in [6.45, 7) is 11.5. The molecule has 0 aliphatic rings. The Morgan fingerprint density at radius 3 is 1.82 bits per heavy atom. The second-order valence-electron chi connectivity index (χ2n) is 12.7. The Morgan fingerprint density at radius 2 is 1.33 bits per heavy atom. The molecule has 0 saturated carbocycles. The van der Waals surface area contributed by atoms with Gasteiger partial charge in [0.25, 0.3) is 0 Å². The van der Waals surface area contributed by atoms with Gasteiger partial charge in [-0.3, -0.25) is 9.59 Å². The van der Waals surface area contributed by atoms with Gasteiger partial charge in [-0.1, -0.05) is 64.4 Å². The van der Waals surface area contributed by atoms with Crippen molar-refractivity contribution in [2.45, 2.75) is 78.8 Å². The summed E-state index contributed by atoms with van der Waals surface area (Å²) in [7, 11) is 0. The summed E-state index contributed by atoms with van der Waals surface area (Å²) in [5.41, 5.74) is 2.64. The molecule has 0 aromatic heterocycles. The number of amides is 4. The molecule has 2 aromatic carbocycles. The summed E-state index contributed by atoms with van der Waals surface area (Å²) in [5.74, 6) is -3.35. The Labute approximate surface area is 269 Å². The molecule has 45 heavy (non-hydrogen) atoms. The first-order chi connectivity index (χ1) is 21.0. The Balaban J connectivity index is 1.98. The van der Waals surface area contributed by atoms with Crippen LogP contribution < -0.4 is 21.3 Å². The summed E-state index contributed by atoms with van der Waals surface area (Å²) in [5, 5.41) is 30.0. The smallest absolute Gasteiger partial charge is 0.327 e. The van der Waals surface area contributed by atoms with Gasteiger partial charge in [0.15, 0.2) is 0 Å². The van der Waals surface area contributed by atoms with Gasteiger partial charge in [-0.2, -0.15) is 11.8 Å². The zero-order valence-electron chi connectivity index (χ0n) is 26.8. The molecular formula is C33H46N4O7S. The van der Waals surface area contributed by atoms with E-state index in [-0.39, 0.29) is 41.6 Å². The highest BCUT2D eigenvalue weighted by Gasteiger charge is 2.28. The third-order valence-corrected chi connectivity index (χ3v) is 7.77. The minimum Gasteiger partial charge on any atom is -0.480 e. The third kappa shape index (κ3) is 14.1. The van der Waals surface area contributed by atoms with E-state index < -0.39 is 41.9 Å². The summed E-state index contributed by atoms with van der Waals surface area (Å²) >= 11 is 1.19. The quantitative estimate of drug-likeness (QED) is 0.131. The monoisotopic (exact) mass is 642 g/mol. The van der Waals surface area contributed by atoms with Crippen LogP contribution in [0.2, 0.25) is 0 Å². The first-order valence-corrected chi connectivity index (χ1v) is 16.1. The molecule has 0 bridgehead atoms. The van der Waals surface area contributed by atoms with Crippen LogP contribution in [0.3, 0.4) is 0 Å². The predicted molar refractivity (Wildman–Crippen MR) is 178 cm³/mol. The van der Waals surface area contributed by atoms with E-state index in [1.165, 1.54) is 11.8 Å². The van der Waals surface area contributed by atoms with E-state index >= 15 is 0 Å². The molecule has 6 N–H and O–H groups in total. The number of carboxylic acids is 2. The topological polar surface area (TPSA) is 174 Å².